The molecule has 0 aromatic carbocycles. The predicted octanol–water partition coefficient (Wildman–Crippen LogP) is 0.932. The van der Waals surface area contributed by atoms with Crippen LogP contribution in [0.3, 0.4) is 0 Å². The highest BCUT2D eigenvalue weighted by Crippen LogP contribution is 2.10. The van der Waals surface area contributed by atoms with Crippen molar-refractivity contribution < 1.29 is 9.59 Å². The lowest BCUT2D eigenvalue weighted by molar-refractivity contribution is -0.121. The molecule has 6 heteroatoms. The van der Waals surface area contributed by atoms with E-state index in [4.69, 9.17) is 0 Å². The first-order chi connectivity index (χ1) is 10.0. The largest absolute Gasteiger partial charge is 0.338 e. The van der Waals surface area contributed by atoms with Crippen LogP contribution in [-0.4, -0.2) is 55.6 Å². The zero-order valence-corrected chi connectivity index (χ0v) is 13.6. The minimum atomic E-state index is -0.387. The molecule has 21 heavy (non-hydrogen) atoms. The van der Waals surface area contributed by atoms with E-state index in [0.717, 1.165) is 38.9 Å². The highest BCUT2D eigenvalue weighted by molar-refractivity contribution is 5.95. The van der Waals surface area contributed by atoms with Crippen molar-refractivity contribution in [2.45, 2.75) is 46.1 Å². The Bertz CT molecular complexity index is 328. The van der Waals surface area contributed by atoms with E-state index in [1.807, 2.05) is 0 Å². The fourth-order valence-corrected chi connectivity index (χ4v) is 2.54. The van der Waals surface area contributed by atoms with Gasteiger partial charge < -0.3 is 10.6 Å². The number of imide groups is 1. The van der Waals surface area contributed by atoms with Gasteiger partial charge in [0.1, 0.15) is 0 Å². The Morgan fingerprint density at radius 3 is 2.52 bits per heavy atom. The molecule has 0 bridgehead atoms. The second kappa shape index (κ2) is 9.73. The number of nitrogens with one attached hydrogen (secondary N) is 3. The number of carbonyl (C=O) groups excluding carboxylic acids is 2. The molecule has 0 saturated carbocycles. The highest BCUT2D eigenvalue weighted by Gasteiger charge is 2.22. The molecule has 0 radical (unpaired) electrons. The number of nitrogens with zero attached hydrogens (tertiary/aromatic N) is 1. The molecule has 1 aliphatic heterocycles. The number of hydrogen-bond acceptors (Lipinski definition) is 4. The quantitative estimate of drug-likeness (QED) is 0.654. The van der Waals surface area contributed by atoms with E-state index in [1.54, 1.807) is 0 Å². The second-order valence-electron chi connectivity index (χ2n) is 6.03. The zero-order valence-electron chi connectivity index (χ0n) is 13.6. The number of amides is 3. The Morgan fingerprint density at radius 1 is 1.29 bits per heavy atom. The van der Waals surface area contributed by atoms with Crippen LogP contribution in [0.5, 0.6) is 0 Å². The lowest BCUT2D eigenvalue weighted by Crippen LogP contribution is -2.49. The van der Waals surface area contributed by atoms with Crippen LogP contribution in [0.15, 0.2) is 0 Å². The van der Waals surface area contributed by atoms with Crippen molar-refractivity contribution in [3.05, 3.63) is 0 Å². The number of hydrogen-bond donors (Lipinski definition) is 3. The molecule has 1 aliphatic rings. The lowest BCUT2D eigenvalue weighted by atomic mass is 10.0. The minimum Gasteiger partial charge on any atom is -0.338 e. The van der Waals surface area contributed by atoms with Crippen LogP contribution in [-0.2, 0) is 4.79 Å². The van der Waals surface area contributed by atoms with Crippen molar-refractivity contribution in [2.75, 3.05) is 32.7 Å². The molecular formula is C15H30N4O2. The Morgan fingerprint density at radius 2 is 1.95 bits per heavy atom. The molecule has 0 spiro atoms. The zero-order chi connectivity index (χ0) is 15.7. The molecule has 3 N–H and O–H groups in total. The maximum absolute atomic E-state index is 11.9. The summed E-state index contributed by atoms with van der Waals surface area (Å²) in [4.78, 5) is 25.7. The number of urea groups is 1. The average Bonchev–Trinajstić information content (AvgIpc) is 2.45. The van der Waals surface area contributed by atoms with E-state index in [9.17, 15) is 9.59 Å². The summed E-state index contributed by atoms with van der Waals surface area (Å²) < 4.78 is 0. The molecule has 0 atom stereocenters. The Labute approximate surface area is 128 Å². The first-order valence-corrected chi connectivity index (χ1v) is 8.05. The van der Waals surface area contributed by atoms with Gasteiger partial charge in [0.25, 0.3) is 0 Å². The highest BCUT2D eigenvalue weighted by atomic mass is 16.2. The number of carbonyl (C=O) groups is 2. The molecule has 1 saturated heterocycles. The first-order valence-electron chi connectivity index (χ1n) is 8.05. The molecular weight excluding hydrogens is 268 g/mol. The van der Waals surface area contributed by atoms with Gasteiger partial charge in [-0.1, -0.05) is 20.8 Å². The first kappa shape index (κ1) is 17.9. The van der Waals surface area contributed by atoms with Gasteiger partial charge in [0.15, 0.2) is 0 Å². The summed E-state index contributed by atoms with van der Waals surface area (Å²) in [5.74, 6) is 0.314. The molecule has 1 rings (SSSR count). The summed E-state index contributed by atoms with van der Waals surface area (Å²) in [6, 6.07) is 0.0491. The van der Waals surface area contributed by atoms with E-state index in [1.165, 1.54) is 0 Å². The number of rotatable bonds is 7. The van der Waals surface area contributed by atoms with Crippen LogP contribution in [0, 0.1) is 5.92 Å². The summed E-state index contributed by atoms with van der Waals surface area (Å²) >= 11 is 0. The van der Waals surface area contributed by atoms with Crippen LogP contribution in [0.4, 0.5) is 4.79 Å². The third kappa shape index (κ3) is 7.43. The summed E-state index contributed by atoms with van der Waals surface area (Å²) in [7, 11) is 0. The van der Waals surface area contributed by atoms with E-state index < -0.39 is 0 Å². The normalized spacial score (nSPS) is 16.2. The molecule has 3 amide bonds. The van der Waals surface area contributed by atoms with Gasteiger partial charge in [-0.15, -0.1) is 0 Å². The van der Waals surface area contributed by atoms with Crippen molar-refractivity contribution in [3.8, 4) is 0 Å². The van der Waals surface area contributed by atoms with Gasteiger partial charge in [0, 0.05) is 12.6 Å². The van der Waals surface area contributed by atoms with E-state index in [2.05, 4.69) is 41.6 Å². The van der Waals surface area contributed by atoms with Gasteiger partial charge >= 0.3 is 6.03 Å². The Balaban J connectivity index is 2.28. The Hall–Kier alpha value is -1.14. The molecule has 1 fully saturated rings. The van der Waals surface area contributed by atoms with Crippen LogP contribution in [0.1, 0.15) is 40.0 Å². The van der Waals surface area contributed by atoms with E-state index in [0.29, 0.717) is 25.0 Å². The van der Waals surface area contributed by atoms with Crippen molar-refractivity contribution in [1.82, 2.24) is 20.9 Å². The van der Waals surface area contributed by atoms with Crippen molar-refractivity contribution >= 4 is 11.9 Å². The van der Waals surface area contributed by atoms with Gasteiger partial charge in [0.2, 0.25) is 5.91 Å². The SMILES string of the molecule is CCN(CC(=O)NC(=O)NCCC(C)C)C1CCNCC1. The van der Waals surface area contributed by atoms with Gasteiger partial charge in [-0.25, -0.2) is 4.79 Å². The molecule has 0 unspecified atom stereocenters. The van der Waals surface area contributed by atoms with Crippen molar-refractivity contribution in [1.29, 1.82) is 0 Å². The Kier molecular flexibility index (Phi) is 8.30. The van der Waals surface area contributed by atoms with E-state index >= 15 is 0 Å². The molecule has 6 nitrogen and oxygen atoms in total. The summed E-state index contributed by atoms with van der Waals surface area (Å²) in [5, 5.41) is 8.45. The van der Waals surface area contributed by atoms with Gasteiger partial charge in [-0.2, -0.15) is 0 Å². The molecule has 122 valence electrons. The van der Waals surface area contributed by atoms with Crippen molar-refractivity contribution in [3.63, 3.8) is 0 Å². The molecule has 0 aliphatic carbocycles. The smallest absolute Gasteiger partial charge is 0.321 e. The minimum absolute atomic E-state index is 0.225. The predicted molar refractivity (Wildman–Crippen MR) is 84.1 cm³/mol. The van der Waals surface area contributed by atoms with Crippen LogP contribution in [0.2, 0.25) is 0 Å². The standard InChI is InChI=1S/C15H30N4O2/c1-4-19(13-6-8-16-9-7-13)11-14(20)18-15(21)17-10-5-12(2)3/h12-13,16H,4-11H2,1-3H3,(H2,17,18,20,21). The molecule has 0 aromatic heterocycles. The van der Waals surface area contributed by atoms with Crippen LogP contribution in [0.25, 0.3) is 0 Å². The van der Waals surface area contributed by atoms with Crippen LogP contribution >= 0.6 is 0 Å². The molecule has 0 aromatic rings. The monoisotopic (exact) mass is 298 g/mol. The van der Waals surface area contributed by atoms with Gasteiger partial charge in [-0.05, 0) is 44.8 Å². The fraction of sp³-hybridized carbons (Fsp3) is 0.867. The second-order valence-corrected chi connectivity index (χ2v) is 6.03. The number of piperidine rings is 1. The van der Waals surface area contributed by atoms with Gasteiger partial charge in [-0.3, -0.25) is 15.0 Å². The van der Waals surface area contributed by atoms with Gasteiger partial charge in [0.05, 0.1) is 6.54 Å². The fourth-order valence-electron chi connectivity index (χ4n) is 2.54. The summed E-state index contributed by atoms with van der Waals surface area (Å²) in [6.45, 7) is 9.97. The molecule has 1 heterocycles. The maximum atomic E-state index is 11.9. The summed E-state index contributed by atoms with van der Waals surface area (Å²) in [6.07, 6.45) is 3.03. The average molecular weight is 298 g/mol. The third-order valence-corrected chi connectivity index (χ3v) is 3.84. The number of likely N-dealkylation sites (N-methyl/N-ethyl adjacent to an activating group) is 1. The van der Waals surface area contributed by atoms with Crippen LogP contribution < -0.4 is 16.0 Å². The van der Waals surface area contributed by atoms with Crippen molar-refractivity contribution in [2.24, 2.45) is 5.92 Å². The summed E-state index contributed by atoms with van der Waals surface area (Å²) in [5.41, 5.74) is 0. The maximum Gasteiger partial charge on any atom is 0.321 e. The lowest BCUT2D eigenvalue weighted by Gasteiger charge is -2.33. The third-order valence-electron chi connectivity index (χ3n) is 3.84. The topological polar surface area (TPSA) is 73.5 Å². The van der Waals surface area contributed by atoms with E-state index in [-0.39, 0.29) is 11.9 Å².